The van der Waals surface area contributed by atoms with E-state index in [9.17, 15) is 14.9 Å². The van der Waals surface area contributed by atoms with Crippen molar-refractivity contribution in [3.05, 3.63) is 78.9 Å². The van der Waals surface area contributed by atoms with Crippen molar-refractivity contribution < 1.29 is 14.5 Å². The predicted molar refractivity (Wildman–Crippen MR) is 92.9 cm³/mol. The number of esters is 1. The minimum atomic E-state index is -0.620. The third-order valence-corrected chi connectivity index (χ3v) is 4.10. The van der Waals surface area contributed by atoms with Crippen LogP contribution in [0.2, 0.25) is 5.02 Å². The third-order valence-electron chi connectivity index (χ3n) is 3.18. The van der Waals surface area contributed by atoms with Gasteiger partial charge in [-0.05, 0) is 57.9 Å². The number of carbonyl (C=O) groups excluding carboxylic acids is 1. The van der Waals surface area contributed by atoms with Crippen molar-refractivity contribution in [3.8, 4) is 0 Å². The second-order valence-corrected chi connectivity index (χ2v) is 6.10. The first kappa shape index (κ1) is 16.4. The summed E-state index contributed by atoms with van der Waals surface area (Å²) in [4.78, 5) is 26.5. The van der Waals surface area contributed by atoms with Crippen molar-refractivity contribution in [1.29, 1.82) is 0 Å². The second kappa shape index (κ2) is 6.54. The van der Waals surface area contributed by atoms with Crippen LogP contribution in [0.15, 0.2) is 57.6 Å². The number of aliphatic imine (C=N–C) groups is 1. The molecule has 0 saturated carbocycles. The smallest absolute Gasteiger partial charge is 0.363 e. The van der Waals surface area contributed by atoms with E-state index in [4.69, 9.17) is 16.3 Å². The highest BCUT2D eigenvalue weighted by molar-refractivity contribution is 9.10. The molecule has 24 heavy (non-hydrogen) atoms. The zero-order valence-electron chi connectivity index (χ0n) is 11.9. The number of hydrogen-bond acceptors (Lipinski definition) is 5. The number of rotatable bonds is 3. The molecule has 0 atom stereocenters. The Labute approximate surface area is 149 Å². The average Bonchev–Trinajstić information content (AvgIpc) is 2.90. The fourth-order valence-electron chi connectivity index (χ4n) is 2.04. The molecule has 0 unspecified atom stereocenters. The van der Waals surface area contributed by atoms with E-state index in [1.54, 1.807) is 30.3 Å². The van der Waals surface area contributed by atoms with E-state index < -0.39 is 10.9 Å². The van der Waals surface area contributed by atoms with Gasteiger partial charge in [0.25, 0.3) is 5.69 Å². The van der Waals surface area contributed by atoms with E-state index in [0.717, 1.165) is 0 Å². The van der Waals surface area contributed by atoms with Gasteiger partial charge < -0.3 is 4.74 Å². The maximum absolute atomic E-state index is 11.9. The molecule has 120 valence electrons. The molecule has 2 aromatic rings. The van der Waals surface area contributed by atoms with Gasteiger partial charge in [-0.25, -0.2) is 9.79 Å². The summed E-state index contributed by atoms with van der Waals surface area (Å²) >= 11 is 8.93. The van der Waals surface area contributed by atoms with E-state index in [1.165, 1.54) is 18.2 Å². The Morgan fingerprint density at radius 2 is 1.92 bits per heavy atom. The van der Waals surface area contributed by atoms with Crippen LogP contribution in [0.5, 0.6) is 0 Å². The fourth-order valence-corrected chi connectivity index (χ4v) is 2.56. The van der Waals surface area contributed by atoms with Crippen LogP contribution in [-0.2, 0) is 9.53 Å². The monoisotopic (exact) mass is 406 g/mol. The lowest BCUT2D eigenvalue weighted by atomic mass is 10.1. The molecule has 0 N–H and O–H groups in total. The van der Waals surface area contributed by atoms with Crippen LogP contribution >= 0.6 is 27.5 Å². The van der Waals surface area contributed by atoms with Gasteiger partial charge in [-0.1, -0.05) is 17.7 Å². The van der Waals surface area contributed by atoms with Gasteiger partial charge in [0, 0.05) is 16.7 Å². The zero-order valence-corrected chi connectivity index (χ0v) is 14.2. The maximum atomic E-state index is 11.9. The summed E-state index contributed by atoms with van der Waals surface area (Å²) in [5.74, 6) is -0.458. The van der Waals surface area contributed by atoms with Crippen LogP contribution in [-0.4, -0.2) is 16.8 Å². The van der Waals surface area contributed by atoms with E-state index in [2.05, 4.69) is 20.9 Å². The quantitative estimate of drug-likeness (QED) is 0.328. The fraction of sp³-hybridized carbons (Fsp3) is 0. The first-order valence-electron chi connectivity index (χ1n) is 6.66. The molecule has 8 heteroatoms. The summed E-state index contributed by atoms with van der Waals surface area (Å²) < 4.78 is 5.49. The Kier molecular flexibility index (Phi) is 4.46. The number of nitro groups is 1. The molecular weight excluding hydrogens is 400 g/mol. The van der Waals surface area contributed by atoms with Gasteiger partial charge in [0.05, 0.1) is 9.40 Å². The molecule has 2 aromatic carbocycles. The van der Waals surface area contributed by atoms with Crippen LogP contribution in [0.4, 0.5) is 5.69 Å². The van der Waals surface area contributed by atoms with Crippen molar-refractivity contribution in [3.63, 3.8) is 0 Å². The number of cyclic esters (lactones) is 1. The van der Waals surface area contributed by atoms with Crippen LogP contribution in [0.25, 0.3) is 6.08 Å². The standard InChI is InChI=1S/C16H8BrClN2O4/c17-12-6-1-9(8-14(12)20(22)23)7-13-16(21)24-15(19-13)10-2-4-11(18)5-3-10/h1-8H. The number of ether oxygens (including phenoxy) is 1. The summed E-state index contributed by atoms with van der Waals surface area (Å²) in [6, 6.07) is 11.2. The predicted octanol–water partition coefficient (Wildman–Crippen LogP) is 4.36. The Hall–Kier alpha value is -2.51. The summed E-state index contributed by atoms with van der Waals surface area (Å²) in [6.45, 7) is 0. The van der Waals surface area contributed by atoms with Crippen LogP contribution in [0, 0.1) is 10.1 Å². The number of benzene rings is 2. The highest BCUT2D eigenvalue weighted by Crippen LogP contribution is 2.27. The van der Waals surface area contributed by atoms with Gasteiger partial charge >= 0.3 is 5.97 Å². The van der Waals surface area contributed by atoms with Crippen molar-refractivity contribution >= 4 is 51.2 Å². The maximum Gasteiger partial charge on any atom is 0.363 e. The summed E-state index contributed by atoms with van der Waals surface area (Å²) in [5, 5.41) is 11.5. The van der Waals surface area contributed by atoms with Crippen molar-refractivity contribution in [1.82, 2.24) is 0 Å². The van der Waals surface area contributed by atoms with Gasteiger partial charge in [-0.15, -0.1) is 0 Å². The van der Waals surface area contributed by atoms with E-state index in [0.29, 0.717) is 20.6 Å². The Balaban J connectivity index is 1.95. The van der Waals surface area contributed by atoms with E-state index in [1.807, 2.05) is 0 Å². The van der Waals surface area contributed by atoms with Crippen molar-refractivity contribution in [2.45, 2.75) is 0 Å². The summed E-state index contributed by atoms with van der Waals surface area (Å²) in [5.41, 5.74) is 1.05. The molecule has 6 nitrogen and oxygen atoms in total. The molecule has 0 amide bonds. The number of hydrogen-bond donors (Lipinski definition) is 0. The molecule has 3 rings (SSSR count). The number of nitro benzene ring substituents is 1. The molecular formula is C16H8BrClN2O4. The first-order valence-corrected chi connectivity index (χ1v) is 7.83. The van der Waals surface area contributed by atoms with Gasteiger partial charge in [-0.3, -0.25) is 10.1 Å². The SMILES string of the molecule is O=C1OC(c2ccc(Cl)cc2)=NC1=Cc1ccc(Br)c([N+](=O)[O-])c1. The van der Waals surface area contributed by atoms with Crippen LogP contribution < -0.4 is 0 Å². The molecule has 0 aliphatic carbocycles. The third kappa shape index (κ3) is 3.37. The lowest BCUT2D eigenvalue weighted by molar-refractivity contribution is -0.385. The van der Waals surface area contributed by atoms with Crippen molar-refractivity contribution in [2.24, 2.45) is 4.99 Å². The molecule has 0 radical (unpaired) electrons. The van der Waals surface area contributed by atoms with Crippen LogP contribution in [0.3, 0.4) is 0 Å². The Bertz CT molecular complexity index is 907. The van der Waals surface area contributed by atoms with Crippen molar-refractivity contribution in [2.75, 3.05) is 0 Å². The summed E-state index contributed by atoms with van der Waals surface area (Å²) in [6.07, 6.45) is 1.44. The lowest BCUT2D eigenvalue weighted by Crippen LogP contribution is -2.05. The molecule has 0 bridgehead atoms. The molecule has 0 aromatic heterocycles. The Morgan fingerprint density at radius 3 is 2.58 bits per heavy atom. The summed E-state index contributed by atoms with van der Waals surface area (Å²) in [7, 11) is 0. The zero-order chi connectivity index (χ0) is 17.3. The second-order valence-electron chi connectivity index (χ2n) is 4.81. The molecule has 0 saturated heterocycles. The van der Waals surface area contributed by atoms with Gasteiger partial charge in [0.1, 0.15) is 0 Å². The molecule has 0 fully saturated rings. The van der Waals surface area contributed by atoms with Gasteiger partial charge in [0.2, 0.25) is 5.90 Å². The highest BCUT2D eigenvalue weighted by atomic mass is 79.9. The van der Waals surface area contributed by atoms with Crippen LogP contribution in [0.1, 0.15) is 11.1 Å². The highest BCUT2D eigenvalue weighted by Gasteiger charge is 2.24. The van der Waals surface area contributed by atoms with Gasteiger partial charge in [-0.2, -0.15) is 0 Å². The molecule has 1 aliphatic rings. The number of halogens is 2. The molecule has 1 aliphatic heterocycles. The molecule has 0 spiro atoms. The minimum Gasteiger partial charge on any atom is -0.402 e. The average molecular weight is 408 g/mol. The number of nitrogens with zero attached hydrogens (tertiary/aromatic N) is 2. The lowest BCUT2D eigenvalue weighted by Gasteiger charge is -1.98. The topological polar surface area (TPSA) is 81.8 Å². The van der Waals surface area contributed by atoms with Gasteiger partial charge in [0.15, 0.2) is 5.70 Å². The largest absolute Gasteiger partial charge is 0.402 e. The minimum absolute atomic E-state index is 0.0663. The normalized spacial score (nSPS) is 15.3. The number of carbonyl (C=O) groups is 1. The van der Waals surface area contributed by atoms with E-state index in [-0.39, 0.29) is 17.3 Å². The van der Waals surface area contributed by atoms with E-state index >= 15 is 0 Å². The Morgan fingerprint density at radius 1 is 1.21 bits per heavy atom. The first-order chi connectivity index (χ1) is 11.4. The molecule has 1 heterocycles.